The number of esters is 1. The fraction of sp³-hybridized carbons (Fsp3) is 0.389. The Morgan fingerprint density at radius 3 is 2.78 bits per heavy atom. The summed E-state index contributed by atoms with van der Waals surface area (Å²) in [5.41, 5.74) is 7.31. The van der Waals surface area contributed by atoms with Crippen LogP contribution in [-0.2, 0) is 14.2 Å². The van der Waals surface area contributed by atoms with Gasteiger partial charge in [0.15, 0.2) is 0 Å². The average molecular weight is 374 g/mol. The van der Waals surface area contributed by atoms with Gasteiger partial charge in [-0.15, -0.1) is 0 Å². The number of benzene rings is 1. The molecule has 27 heavy (non-hydrogen) atoms. The third kappa shape index (κ3) is 4.44. The van der Waals surface area contributed by atoms with Gasteiger partial charge in [0.25, 0.3) is 5.91 Å². The smallest absolute Gasteiger partial charge is 0.343 e. The van der Waals surface area contributed by atoms with Gasteiger partial charge in [0.1, 0.15) is 11.4 Å². The van der Waals surface area contributed by atoms with Crippen LogP contribution in [-0.4, -0.2) is 60.7 Å². The van der Waals surface area contributed by atoms with Gasteiger partial charge in [-0.1, -0.05) is 0 Å². The largest absolute Gasteiger partial charge is 0.462 e. The van der Waals surface area contributed by atoms with Crippen LogP contribution >= 0.6 is 0 Å². The van der Waals surface area contributed by atoms with Gasteiger partial charge in [0.2, 0.25) is 0 Å². The molecule has 1 unspecified atom stereocenters. The van der Waals surface area contributed by atoms with E-state index >= 15 is 0 Å². The van der Waals surface area contributed by atoms with Gasteiger partial charge in [-0.05, 0) is 31.2 Å². The third-order valence-corrected chi connectivity index (χ3v) is 4.05. The lowest BCUT2D eigenvalue weighted by Gasteiger charge is -2.23. The number of rotatable bonds is 6. The minimum absolute atomic E-state index is 0.132. The second-order valence-electron chi connectivity index (χ2n) is 5.90. The standard InChI is InChI=1S/C18H22N4O5/c1-2-26-18(24)15-10-21-22(16(15)19)13-5-3-12(4-6-13)17(23)20-9-14-11-25-7-8-27-14/h3-6,10,14H,2,7-9,11,19H2,1H3,(H,20,23). The number of amides is 1. The molecule has 1 aromatic carbocycles. The van der Waals surface area contributed by atoms with Gasteiger partial charge in [-0.25, -0.2) is 9.48 Å². The summed E-state index contributed by atoms with van der Waals surface area (Å²) in [7, 11) is 0. The van der Waals surface area contributed by atoms with Crippen LogP contribution in [0, 0.1) is 0 Å². The van der Waals surface area contributed by atoms with Gasteiger partial charge in [-0.2, -0.15) is 5.10 Å². The highest BCUT2D eigenvalue weighted by molar-refractivity contribution is 5.95. The summed E-state index contributed by atoms with van der Waals surface area (Å²) in [5.74, 6) is -0.553. The number of nitrogens with zero attached hydrogens (tertiary/aromatic N) is 2. The molecule has 144 valence electrons. The van der Waals surface area contributed by atoms with Gasteiger partial charge in [0.05, 0.1) is 44.4 Å². The molecule has 0 aliphatic carbocycles. The number of ether oxygens (including phenoxy) is 3. The number of hydrogen-bond donors (Lipinski definition) is 2. The maximum atomic E-state index is 12.3. The van der Waals surface area contributed by atoms with Crippen LogP contribution in [0.4, 0.5) is 5.82 Å². The Kier molecular flexibility index (Phi) is 6.05. The van der Waals surface area contributed by atoms with Gasteiger partial charge < -0.3 is 25.3 Å². The maximum Gasteiger partial charge on any atom is 0.343 e. The maximum absolute atomic E-state index is 12.3. The lowest BCUT2D eigenvalue weighted by Crippen LogP contribution is -2.39. The molecule has 2 heterocycles. The molecule has 1 saturated heterocycles. The average Bonchev–Trinajstić information content (AvgIpc) is 3.08. The number of nitrogens with two attached hydrogens (primary N) is 1. The first kappa shape index (κ1) is 18.9. The molecule has 3 rings (SSSR count). The van der Waals surface area contributed by atoms with Gasteiger partial charge in [-0.3, -0.25) is 4.79 Å². The number of nitrogens with one attached hydrogen (secondary N) is 1. The lowest BCUT2D eigenvalue weighted by atomic mass is 10.2. The van der Waals surface area contributed by atoms with E-state index in [2.05, 4.69) is 10.4 Å². The molecule has 1 aliphatic heterocycles. The molecule has 9 heteroatoms. The van der Waals surface area contributed by atoms with E-state index in [4.69, 9.17) is 19.9 Å². The summed E-state index contributed by atoms with van der Waals surface area (Å²) in [6, 6.07) is 6.73. The van der Waals surface area contributed by atoms with E-state index in [1.165, 1.54) is 10.9 Å². The van der Waals surface area contributed by atoms with Crippen LogP contribution in [0.5, 0.6) is 0 Å². The molecule has 1 aliphatic rings. The van der Waals surface area contributed by atoms with E-state index in [0.29, 0.717) is 37.6 Å². The summed E-state index contributed by atoms with van der Waals surface area (Å²) in [6.45, 7) is 3.95. The highest BCUT2D eigenvalue weighted by Crippen LogP contribution is 2.18. The molecule has 2 aromatic rings. The topological polar surface area (TPSA) is 118 Å². The summed E-state index contributed by atoms with van der Waals surface area (Å²) in [4.78, 5) is 24.1. The highest BCUT2D eigenvalue weighted by Gasteiger charge is 2.18. The van der Waals surface area contributed by atoms with Crippen LogP contribution in [0.25, 0.3) is 5.69 Å². The van der Waals surface area contributed by atoms with E-state index in [-0.39, 0.29) is 30.0 Å². The number of aromatic nitrogens is 2. The van der Waals surface area contributed by atoms with Crippen molar-refractivity contribution in [2.45, 2.75) is 13.0 Å². The molecular weight excluding hydrogens is 352 g/mol. The van der Waals surface area contributed by atoms with Crippen molar-refractivity contribution in [1.29, 1.82) is 0 Å². The zero-order valence-electron chi connectivity index (χ0n) is 15.0. The number of carbonyl (C=O) groups is 2. The molecule has 1 aromatic heterocycles. The SMILES string of the molecule is CCOC(=O)c1cnn(-c2ccc(C(=O)NCC3COCCO3)cc2)c1N. The number of nitrogen functional groups attached to an aromatic ring is 1. The van der Waals surface area contributed by atoms with Gasteiger partial charge >= 0.3 is 5.97 Å². The fourth-order valence-corrected chi connectivity index (χ4v) is 2.65. The number of anilines is 1. The second kappa shape index (κ2) is 8.65. The first-order valence-electron chi connectivity index (χ1n) is 8.68. The first-order valence-corrected chi connectivity index (χ1v) is 8.68. The Balaban J connectivity index is 1.64. The molecule has 0 spiro atoms. The minimum atomic E-state index is -0.522. The van der Waals surface area contributed by atoms with E-state index in [1.807, 2.05) is 0 Å². The second-order valence-corrected chi connectivity index (χ2v) is 5.90. The number of carbonyl (C=O) groups excluding carboxylic acids is 2. The highest BCUT2D eigenvalue weighted by atomic mass is 16.6. The van der Waals surface area contributed by atoms with Crippen molar-refractivity contribution in [3.05, 3.63) is 41.6 Å². The van der Waals surface area contributed by atoms with Gasteiger partial charge in [0, 0.05) is 12.1 Å². The molecule has 1 fully saturated rings. The first-order chi connectivity index (χ1) is 13.1. The van der Waals surface area contributed by atoms with Crippen LogP contribution < -0.4 is 11.1 Å². The molecule has 3 N–H and O–H groups in total. The molecule has 1 atom stereocenters. The van der Waals surface area contributed by atoms with Crippen molar-refractivity contribution in [1.82, 2.24) is 15.1 Å². The summed E-state index contributed by atoms with van der Waals surface area (Å²) >= 11 is 0. The van der Waals surface area contributed by atoms with Crippen molar-refractivity contribution in [2.75, 3.05) is 38.7 Å². The Hall–Kier alpha value is -2.91. The predicted molar refractivity (Wildman–Crippen MR) is 96.8 cm³/mol. The Morgan fingerprint density at radius 2 is 2.11 bits per heavy atom. The molecule has 0 saturated carbocycles. The molecule has 9 nitrogen and oxygen atoms in total. The minimum Gasteiger partial charge on any atom is -0.462 e. The molecule has 1 amide bonds. The number of hydrogen-bond acceptors (Lipinski definition) is 7. The monoisotopic (exact) mass is 374 g/mol. The van der Waals surface area contributed by atoms with Crippen LogP contribution in [0.15, 0.2) is 30.5 Å². The predicted octanol–water partition coefficient (Wildman–Crippen LogP) is 0.776. The quantitative estimate of drug-likeness (QED) is 0.717. The van der Waals surface area contributed by atoms with Crippen molar-refractivity contribution < 1.29 is 23.8 Å². The zero-order valence-corrected chi connectivity index (χ0v) is 15.0. The fourth-order valence-electron chi connectivity index (χ4n) is 2.65. The van der Waals surface area contributed by atoms with Crippen LogP contribution in [0.1, 0.15) is 27.6 Å². The van der Waals surface area contributed by atoms with Crippen molar-refractivity contribution >= 4 is 17.7 Å². The Labute approximate surface area is 156 Å². The van der Waals surface area contributed by atoms with E-state index in [1.54, 1.807) is 31.2 Å². The Morgan fingerprint density at radius 1 is 1.33 bits per heavy atom. The Bertz CT molecular complexity index is 797. The van der Waals surface area contributed by atoms with E-state index < -0.39 is 5.97 Å². The molecule has 0 bridgehead atoms. The molecule has 0 radical (unpaired) electrons. The van der Waals surface area contributed by atoms with Crippen molar-refractivity contribution in [2.24, 2.45) is 0 Å². The summed E-state index contributed by atoms with van der Waals surface area (Å²) in [6.07, 6.45) is 1.23. The van der Waals surface area contributed by atoms with Crippen molar-refractivity contribution in [3.8, 4) is 5.69 Å². The van der Waals surface area contributed by atoms with Crippen LogP contribution in [0.3, 0.4) is 0 Å². The molecular formula is C18H22N4O5. The summed E-state index contributed by atoms with van der Waals surface area (Å²) < 4.78 is 17.1. The summed E-state index contributed by atoms with van der Waals surface area (Å²) in [5, 5.41) is 6.94. The third-order valence-electron chi connectivity index (χ3n) is 4.05. The van der Waals surface area contributed by atoms with E-state index in [9.17, 15) is 9.59 Å². The van der Waals surface area contributed by atoms with Crippen LogP contribution in [0.2, 0.25) is 0 Å². The van der Waals surface area contributed by atoms with Crippen molar-refractivity contribution in [3.63, 3.8) is 0 Å². The zero-order chi connectivity index (χ0) is 19.2. The van der Waals surface area contributed by atoms with E-state index in [0.717, 1.165) is 0 Å². The normalized spacial score (nSPS) is 16.7. The lowest BCUT2D eigenvalue weighted by molar-refractivity contribution is -0.0855.